The van der Waals surface area contributed by atoms with Gasteiger partial charge in [-0.2, -0.15) is 0 Å². The van der Waals surface area contributed by atoms with Gasteiger partial charge in [-0.05, 0) is 61.0 Å². The number of aromatic nitrogens is 5. The SMILES string of the molecule is Cc1ccc(-n2c(SCc3nnc(-c4ccccc4)o3)nnc2-c2ccc(Cl)cc2)cc1Cl. The highest BCUT2D eigenvalue weighted by Crippen LogP contribution is 2.32. The Morgan fingerprint density at radius 2 is 1.64 bits per heavy atom. The highest BCUT2D eigenvalue weighted by molar-refractivity contribution is 7.98. The number of hydrogen-bond acceptors (Lipinski definition) is 6. The number of nitrogens with zero attached hydrogens (tertiary/aromatic N) is 5. The maximum atomic E-state index is 6.42. The molecule has 0 saturated heterocycles. The van der Waals surface area contributed by atoms with E-state index < -0.39 is 0 Å². The van der Waals surface area contributed by atoms with E-state index in [1.807, 2.05) is 84.3 Å². The van der Waals surface area contributed by atoms with Gasteiger partial charge in [-0.15, -0.1) is 20.4 Å². The van der Waals surface area contributed by atoms with E-state index in [0.29, 0.717) is 38.6 Å². The number of hydrogen-bond donors (Lipinski definition) is 0. The number of rotatable bonds is 6. The van der Waals surface area contributed by atoms with Crippen LogP contribution in [0.5, 0.6) is 0 Å². The summed E-state index contributed by atoms with van der Waals surface area (Å²) in [7, 11) is 0. The van der Waals surface area contributed by atoms with Crippen molar-refractivity contribution in [1.82, 2.24) is 25.0 Å². The van der Waals surface area contributed by atoms with Crippen LogP contribution in [0.15, 0.2) is 82.4 Å². The summed E-state index contributed by atoms with van der Waals surface area (Å²) in [4.78, 5) is 0. The van der Waals surface area contributed by atoms with E-state index in [2.05, 4.69) is 20.4 Å². The summed E-state index contributed by atoms with van der Waals surface area (Å²) in [5, 5.41) is 19.2. The van der Waals surface area contributed by atoms with Crippen molar-refractivity contribution in [2.75, 3.05) is 0 Å². The first-order chi connectivity index (χ1) is 16.1. The Morgan fingerprint density at radius 3 is 2.39 bits per heavy atom. The number of aryl methyl sites for hydroxylation is 1. The zero-order chi connectivity index (χ0) is 22.8. The molecule has 0 aliphatic carbocycles. The minimum Gasteiger partial charge on any atom is -0.420 e. The first-order valence-corrected chi connectivity index (χ1v) is 11.8. The number of halogens is 2. The lowest BCUT2D eigenvalue weighted by Crippen LogP contribution is -2.00. The second-order valence-corrected chi connectivity index (χ2v) is 9.02. The Bertz CT molecular complexity index is 1400. The van der Waals surface area contributed by atoms with Gasteiger partial charge in [0.25, 0.3) is 0 Å². The Labute approximate surface area is 204 Å². The smallest absolute Gasteiger partial charge is 0.247 e. The van der Waals surface area contributed by atoms with Crippen molar-refractivity contribution in [2.24, 2.45) is 0 Å². The number of benzene rings is 3. The normalized spacial score (nSPS) is 11.1. The van der Waals surface area contributed by atoms with Crippen molar-refractivity contribution in [2.45, 2.75) is 17.8 Å². The van der Waals surface area contributed by atoms with Crippen LogP contribution in [0.1, 0.15) is 11.5 Å². The topological polar surface area (TPSA) is 69.6 Å². The second kappa shape index (κ2) is 9.39. The van der Waals surface area contributed by atoms with Gasteiger partial charge in [0, 0.05) is 21.2 Å². The molecule has 9 heteroatoms. The number of thioether (sulfide) groups is 1. The van der Waals surface area contributed by atoms with E-state index in [9.17, 15) is 0 Å². The first-order valence-electron chi connectivity index (χ1n) is 10.1. The molecule has 0 amide bonds. The molecule has 0 bridgehead atoms. The molecule has 0 spiro atoms. The third-order valence-corrected chi connectivity index (χ3v) is 6.53. The van der Waals surface area contributed by atoms with Crippen molar-refractivity contribution < 1.29 is 4.42 Å². The van der Waals surface area contributed by atoms with Gasteiger partial charge in [-0.3, -0.25) is 4.57 Å². The molecule has 0 N–H and O–H groups in total. The van der Waals surface area contributed by atoms with E-state index in [1.165, 1.54) is 11.8 Å². The minimum atomic E-state index is 0.443. The van der Waals surface area contributed by atoms with Crippen LogP contribution < -0.4 is 0 Å². The molecule has 0 unspecified atom stereocenters. The summed E-state index contributed by atoms with van der Waals surface area (Å²) < 4.78 is 7.81. The zero-order valence-electron chi connectivity index (χ0n) is 17.4. The van der Waals surface area contributed by atoms with Gasteiger partial charge >= 0.3 is 0 Å². The molecular formula is C24H17Cl2N5OS. The van der Waals surface area contributed by atoms with E-state index in [-0.39, 0.29) is 0 Å². The fourth-order valence-corrected chi connectivity index (χ4v) is 4.33. The van der Waals surface area contributed by atoms with Crippen molar-refractivity contribution >= 4 is 35.0 Å². The van der Waals surface area contributed by atoms with Crippen LogP contribution in [0.4, 0.5) is 0 Å². The van der Waals surface area contributed by atoms with Crippen LogP contribution in [0.3, 0.4) is 0 Å². The summed E-state index contributed by atoms with van der Waals surface area (Å²) in [6.07, 6.45) is 0. The second-order valence-electron chi connectivity index (χ2n) is 7.24. The summed E-state index contributed by atoms with van der Waals surface area (Å²) >= 11 is 14.0. The molecule has 5 aromatic rings. The molecule has 2 heterocycles. The van der Waals surface area contributed by atoms with Gasteiger partial charge < -0.3 is 4.42 Å². The lowest BCUT2D eigenvalue weighted by Gasteiger charge is -2.11. The predicted octanol–water partition coefficient (Wildman–Crippen LogP) is 6.89. The maximum Gasteiger partial charge on any atom is 0.247 e. The minimum absolute atomic E-state index is 0.443. The first kappa shape index (κ1) is 21.7. The van der Waals surface area contributed by atoms with Crippen LogP contribution in [0.25, 0.3) is 28.5 Å². The quantitative estimate of drug-likeness (QED) is 0.240. The van der Waals surface area contributed by atoms with Gasteiger partial charge in [0.15, 0.2) is 11.0 Å². The van der Waals surface area contributed by atoms with Gasteiger partial charge in [-0.25, -0.2) is 0 Å². The van der Waals surface area contributed by atoms with Gasteiger partial charge in [0.2, 0.25) is 11.8 Å². The van der Waals surface area contributed by atoms with Gasteiger partial charge in [0.05, 0.1) is 11.4 Å². The third kappa shape index (κ3) is 4.66. The van der Waals surface area contributed by atoms with Crippen molar-refractivity contribution in [3.05, 3.63) is 94.3 Å². The van der Waals surface area contributed by atoms with Crippen LogP contribution in [0.2, 0.25) is 10.0 Å². The highest BCUT2D eigenvalue weighted by atomic mass is 35.5. The molecule has 0 radical (unpaired) electrons. The largest absolute Gasteiger partial charge is 0.420 e. The Hall–Kier alpha value is -3.13. The molecule has 0 atom stereocenters. The van der Waals surface area contributed by atoms with Crippen LogP contribution >= 0.6 is 35.0 Å². The lowest BCUT2D eigenvalue weighted by molar-refractivity contribution is 0.528. The standard InChI is InChI=1S/C24H17Cl2N5OS/c1-15-7-12-19(13-20(15)26)31-22(16-8-10-18(25)11-9-16)28-30-24(31)33-14-21-27-29-23(32-21)17-5-3-2-4-6-17/h2-13H,14H2,1H3. The molecule has 3 aromatic carbocycles. The molecular weight excluding hydrogens is 477 g/mol. The van der Waals surface area contributed by atoms with E-state index in [1.54, 1.807) is 0 Å². The summed E-state index contributed by atoms with van der Waals surface area (Å²) in [6, 6.07) is 23.0. The average Bonchev–Trinajstić information content (AvgIpc) is 3.48. The fraction of sp³-hybridized carbons (Fsp3) is 0.0833. The Kier molecular flexibility index (Phi) is 6.17. The van der Waals surface area contributed by atoms with Gasteiger partial charge in [0.1, 0.15) is 0 Å². The van der Waals surface area contributed by atoms with E-state index in [4.69, 9.17) is 27.6 Å². The molecule has 164 valence electrons. The predicted molar refractivity (Wildman–Crippen MR) is 131 cm³/mol. The van der Waals surface area contributed by atoms with Crippen LogP contribution in [-0.4, -0.2) is 25.0 Å². The van der Waals surface area contributed by atoms with Crippen molar-refractivity contribution in [1.29, 1.82) is 0 Å². The Morgan fingerprint density at radius 1 is 0.848 bits per heavy atom. The summed E-state index contributed by atoms with van der Waals surface area (Å²) in [6.45, 7) is 1.97. The van der Waals surface area contributed by atoms with E-state index >= 15 is 0 Å². The monoisotopic (exact) mass is 493 g/mol. The molecule has 0 fully saturated rings. The fourth-order valence-electron chi connectivity index (χ4n) is 3.24. The molecule has 0 aliphatic heterocycles. The molecule has 0 aliphatic rings. The summed E-state index contributed by atoms with van der Waals surface area (Å²) in [5.41, 5.74) is 3.62. The van der Waals surface area contributed by atoms with Crippen LogP contribution in [0, 0.1) is 6.92 Å². The zero-order valence-corrected chi connectivity index (χ0v) is 19.8. The van der Waals surface area contributed by atoms with Crippen LogP contribution in [-0.2, 0) is 5.75 Å². The summed E-state index contributed by atoms with van der Waals surface area (Å²) in [5.74, 6) is 2.12. The third-order valence-electron chi connectivity index (χ3n) is 4.96. The highest BCUT2D eigenvalue weighted by Gasteiger charge is 2.18. The van der Waals surface area contributed by atoms with Crippen molar-refractivity contribution in [3.63, 3.8) is 0 Å². The average molecular weight is 494 g/mol. The molecule has 5 rings (SSSR count). The molecule has 33 heavy (non-hydrogen) atoms. The maximum absolute atomic E-state index is 6.42. The Balaban J connectivity index is 1.48. The molecule has 6 nitrogen and oxygen atoms in total. The van der Waals surface area contributed by atoms with Crippen molar-refractivity contribution in [3.8, 4) is 28.5 Å². The molecule has 0 saturated carbocycles. The molecule has 2 aromatic heterocycles. The lowest BCUT2D eigenvalue weighted by atomic mass is 10.2. The van der Waals surface area contributed by atoms with Gasteiger partial charge in [-0.1, -0.05) is 59.2 Å². The van der Waals surface area contributed by atoms with E-state index in [0.717, 1.165) is 22.4 Å².